The lowest BCUT2D eigenvalue weighted by molar-refractivity contribution is 0.697. The Labute approximate surface area is 120 Å². The maximum atomic E-state index is 3.52. The molecule has 3 heteroatoms. The third kappa shape index (κ3) is 3.82. The zero-order valence-electron chi connectivity index (χ0n) is 11.9. The molecule has 1 aromatic carbocycles. The van der Waals surface area contributed by atoms with E-state index in [1.807, 2.05) is 11.3 Å². The molecule has 1 aromatic heterocycles. The highest BCUT2D eigenvalue weighted by Crippen LogP contribution is 2.17. The van der Waals surface area contributed by atoms with Gasteiger partial charge in [-0.25, -0.2) is 0 Å². The summed E-state index contributed by atoms with van der Waals surface area (Å²) >= 11 is 1.85. The Morgan fingerprint density at radius 3 is 2.42 bits per heavy atom. The van der Waals surface area contributed by atoms with Gasteiger partial charge in [-0.15, -0.1) is 11.3 Å². The lowest BCUT2D eigenvalue weighted by Crippen LogP contribution is -2.13. The average molecular weight is 274 g/mol. The number of hydrogen-bond acceptors (Lipinski definition) is 3. The molecular weight excluding hydrogens is 252 g/mol. The van der Waals surface area contributed by atoms with E-state index in [4.69, 9.17) is 0 Å². The number of benzene rings is 1. The molecule has 19 heavy (non-hydrogen) atoms. The standard InChI is InChI=1S/C16H22N2S/c1-4-14-9-10-19-16(14)12-17-11-13-5-7-15(8-6-13)18(2)3/h5-10,17H,4,11-12H2,1-3H3. The molecule has 0 unspecified atom stereocenters. The lowest BCUT2D eigenvalue weighted by Gasteiger charge is -2.13. The smallest absolute Gasteiger partial charge is 0.0361 e. The quantitative estimate of drug-likeness (QED) is 0.864. The molecule has 0 saturated carbocycles. The Bertz CT molecular complexity index is 500. The Balaban J connectivity index is 1.85. The molecule has 0 aliphatic carbocycles. The largest absolute Gasteiger partial charge is 0.378 e. The first-order valence-electron chi connectivity index (χ1n) is 6.73. The zero-order valence-corrected chi connectivity index (χ0v) is 12.8. The van der Waals surface area contributed by atoms with E-state index in [1.54, 1.807) is 0 Å². The number of rotatable bonds is 6. The maximum absolute atomic E-state index is 3.52. The van der Waals surface area contributed by atoms with Crippen LogP contribution >= 0.6 is 11.3 Å². The van der Waals surface area contributed by atoms with E-state index >= 15 is 0 Å². The molecule has 1 N–H and O–H groups in total. The van der Waals surface area contributed by atoms with Gasteiger partial charge in [0.15, 0.2) is 0 Å². The molecule has 0 saturated heterocycles. The van der Waals surface area contributed by atoms with E-state index in [-0.39, 0.29) is 0 Å². The molecule has 0 fully saturated rings. The van der Waals surface area contributed by atoms with Crippen molar-refractivity contribution in [3.8, 4) is 0 Å². The number of aryl methyl sites for hydroxylation is 1. The third-order valence-electron chi connectivity index (χ3n) is 3.29. The van der Waals surface area contributed by atoms with E-state index in [0.717, 1.165) is 19.5 Å². The highest BCUT2D eigenvalue weighted by Gasteiger charge is 2.02. The van der Waals surface area contributed by atoms with E-state index < -0.39 is 0 Å². The van der Waals surface area contributed by atoms with Crippen molar-refractivity contribution in [1.29, 1.82) is 0 Å². The summed E-state index contributed by atoms with van der Waals surface area (Å²) in [6.07, 6.45) is 1.12. The second-order valence-electron chi connectivity index (χ2n) is 4.89. The minimum Gasteiger partial charge on any atom is -0.378 e. The van der Waals surface area contributed by atoms with Gasteiger partial charge in [0.1, 0.15) is 0 Å². The van der Waals surface area contributed by atoms with Gasteiger partial charge in [-0.05, 0) is 41.1 Å². The molecule has 0 spiro atoms. The van der Waals surface area contributed by atoms with Gasteiger partial charge in [0.2, 0.25) is 0 Å². The van der Waals surface area contributed by atoms with Crippen molar-refractivity contribution in [1.82, 2.24) is 5.32 Å². The van der Waals surface area contributed by atoms with E-state index in [0.29, 0.717) is 0 Å². The van der Waals surface area contributed by atoms with Crippen molar-refractivity contribution in [3.05, 3.63) is 51.7 Å². The SMILES string of the molecule is CCc1ccsc1CNCc1ccc(N(C)C)cc1. The Morgan fingerprint density at radius 1 is 1.05 bits per heavy atom. The molecule has 0 atom stereocenters. The summed E-state index contributed by atoms with van der Waals surface area (Å²) in [6, 6.07) is 10.9. The van der Waals surface area contributed by atoms with Gasteiger partial charge in [-0.1, -0.05) is 19.1 Å². The van der Waals surface area contributed by atoms with E-state index in [9.17, 15) is 0 Å². The van der Waals surface area contributed by atoms with Gasteiger partial charge < -0.3 is 10.2 Å². The van der Waals surface area contributed by atoms with E-state index in [1.165, 1.54) is 21.7 Å². The monoisotopic (exact) mass is 274 g/mol. The summed E-state index contributed by atoms with van der Waals surface area (Å²) in [6.45, 7) is 4.11. The van der Waals surface area contributed by atoms with Crippen molar-refractivity contribution in [2.24, 2.45) is 0 Å². The molecular formula is C16H22N2S. The Hall–Kier alpha value is -1.32. The van der Waals surface area contributed by atoms with Gasteiger partial charge in [-0.2, -0.15) is 0 Å². The lowest BCUT2D eigenvalue weighted by atomic mass is 10.2. The molecule has 0 bridgehead atoms. The predicted molar refractivity (Wildman–Crippen MR) is 85.0 cm³/mol. The number of nitrogens with zero attached hydrogens (tertiary/aromatic N) is 1. The summed E-state index contributed by atoms with van der Waals surface area (Å²) in [5.74, 6) is 0. The topological polar surface area (TPSA) is 15.3 Å². The molecule has 0 aliphatic rings. The van der Waals surface area contributed by atoms with Crippen molar-refractivity contribution in [2.75, 3.05) is 19.0 Å². The van der Waals surface area contributed by atoms with Crippen LogP contribution in [-0.4, -0.2) is 14.1 Å². The van der Waals surface area contributed by atoms with Gasteiger partial charge in [-0.3, -0.25) is 0 Å². The average Bonchev–Trinajstić information content (AvgIpc) is 2.87. The minimum absolute atomic E-state index is 0.925. The molecule has 102 valence electrons. The molecule has 0 aliphatic heterocycles. The third-order valence-corrected chi connectivity index (χ3v) is 4.25. The second kappa shape index (κ2) is 6.73. The first-order valence-corrected chi connectivity index (χ1v) is 7.61. The highest BCUT2D eigenvalue weighted by molar-refractivity contribution is 7.10. The summed E-state index contributed by atoms with van der Waals surface area (Å²) < 4.78 is 0. The van der Waals surface area contributed by atoms with Crippen LogP contribution in [-0.2, 0) is 19.5 Å². The van der Waals surface area contributed by atoms with Gasteiger partial charge >= 0.3 is 0 Å². The number of nitrogens with one attached hydrogen (secondary N) is 1. The summed E-state index contributed by atoms with van der Waals surface area (Å²) in [5, 5.41) is 5.71. The minimum atomic E-state index is 0.925. The molecule has 2 rings (SSSR count). The van der Waals surface area contributed by atoms with Gasteiger partial charge in [0.05, 0.1) is 0 Å². The zero-order chi connectivity index (χ0) is 13.7. The summed E-state index contributed by atoms with van der Waals surface area (Å²) in [5.41, 5.74) is 4.05. The highest BCUT2D eigenvalue weighted by atomic mass is 32.1. The van der Waals surface area contributed by atoms with Crippen LogP contribution in [0, 0.1) is 0 Å². The molecule has 2 nitrogen and oxygen atoms in total. The number of thiophene rings is 1. The number of hydrogen-bond donors (Lipinski definition) is 1. The van der Waals surface area contributed by atoms with Crippen LogP contribution in [0.3, 0.4) is 0 Å². The molecule has 0 radical (unpaired) electrons. The van der Waals surface area contributed by atoms with Crippen molar-refractivity contribution in [3.63, 3.8) is 0 Å². The molecule has 1 heterocycles. The van der Waals surface area contributed by atoms with Gasteiger partial charge in [0, 0.05) is 37.7 Å². The summed E-state index contributed by atoms with van der Waals surface area (Å²) in [4.78, 5) is 3.59. The second-order valence-corrected chi connectivity index (χ2v) is 5.89. The normalized spacial score (nSPS) is 10.7. The van der Waals surface area contributed by atoms with Crippen LogP contribution in [0.25, 0.3) is 0 Å². The number of anilines is 1. The molecule has 2 aromatic rings. The Morgan fingerprint density at radius 2 is 1.79 bits per heavy atom. The first-order chi connectivity index (χ1) is 9.20. The van der Waals surface area contributed by atoms with Crippen molar-refractivity contribution in [2.45, 2.75) is 26.4 Å². The van der Waals surface area contributed by atoms with Crippen LogP contribution in [0.5, 0.6) is 0 Å². The molecule has 0 amide bonds. The fourth-order valence-corrected chi connectivity index (χ4v) is 3.02. The maximum Gasteiger partial charge on any atom is 0.0361 e. The van der Waals surface area contributed by atoms with Crippen LogP contribution in [0.1, 0.15) is 22.9 Å². The van der Waals surface area contributed by atoms with Crippen LogP contribution in [0.4, 0.5) is 5.69 Å². The summed E-state index contributed by atoms with van der Waals surface area (Å²) in [7, 11) is 4.13. The predicted octanol–water partition coefficient (Wildman–Crippen LogP) is 3.67. The van der Waals surface area contributed by atoms with Crippen LogP contribution in [0.2, 0.25) is 0 Å². The van der Waals surface area contributed by atoms with Crippen molar-refractivity contribution >= 4 is 17.0 Å². The van der Waals surface area contributed by atoms with E-state index in [2.05, 4.69) is 66.9 Å². The van der Waals surface area contributed by atoms with Crippen LogP contribution < -0.4 is 10.2 Å². The van der Waals surface area contributed by atoms with Crippen molar-refractivity contribution < 1.29 is 0 Å². The van der Waals surface area contributed by atoms with Gasteiger partial charge in [0.25, 0.3) is 0 Å². The first kappa shape index (κ1) is 14.1. The fourth-order valence-electron chi connectivity index (χ4n) is 2.07. The Kier molecular flexibility index (Phi) is 5.00. The van der Waals surface area contributed by atoms with Crippen LogP contribution in [0.15, 0.2) is 35.7 Å². The fraction of sp³-hybridized carbons (Fsp3) is 0.375.